The second-order valence-corrected chi connectivity index (χ2v) is 7.83. The lowest BCUT2D eigenvalue weighted by Crippen LogP contribution is -2.07. The van der Waals surface area contributed by atoms with E-state index in [-0.39, 0.29) is 5.41 Å². The van der Waals surface area contributed by atoms with Crippen molar-refractivity contribution in [1.29, 1.82) is 0 Å². The van der Waals surface area contributed by atoms with Crippen LogP contribution in [0.3, 0.4) is 0 Å². The molecule has 0 fully saturated rings. The molecule has 0 unspecified atom stereocenters. The Balaban J connectivity index is 2.03. The Labute approximate surface area is 121 Å². The van der Waals surface area contributed by atoms with Gasteiger partial charge in [0, 0.05) is 21.9 Å². The van der Waals surface area contributed by atoms with Crippen LogP contribution in [0.2, 0.25) is 0 Å². The number of fused-ring (bicyclic) bond motifs is 1. The average molecular weight is 291 g/mol. The minimum atomic E-state index is 0.168. The SMILES string of the molecule is CC(C)(C)c1ccc(-c2nc(N)c3c(n2)CSC3)s1. The van der Waals surface area contributed by atoms with Gasteiger partial charge in [0.25, 0.3) is 0 Å². The van der Waals surface area contributed by atoms with E-state index in [4.69, 9.17) is 5.73 Å². The second-order valence-electron chi connectivity index (χ2n) is 5.76. The highest BCUT2D eigenvalue weighted by Gasteiger charge is 2.21. The van der Waals surface area contributed by atoms with E-state index < -0.39 is 0 Å². The summed E-state index contributed by atoms with van der Waals surface area (Å²) in [5.41, 5.74) is 8.45. The predicted octanol–water partition coefficient (Wildman–Crippen LogP) is 3.83. The predicted molar refractivity (Wildman–Crippen MR) is 83.5 cm³/mol. The number of hydrogen-bond donors (Lipinski definition) is 1. The largest absolute Gasteiger partial charge is 0.383 e. The molecule has 0 amide bonds. The number of nitrogens with zero attached hydrogens (tertiary/aromatic N) is 2. The van der Waals surface area contributed by atoms with Crippen molar-refractivity contribution in [3.8, 4) is 10.7 Å². The number of hydrogen-bond acceptors (Lipinski definition) is 5. The first kappa shape index (κ1) is 12.9. The van der Waals surface area contributed by atoms with Gasteiger partial charge in [-0.1, -0.05) is 20.8 Å². The Kier molecular flexibility index (Phi) is 3.06. The molecular weight excluding hydrogens is 274 g/mol. The summed E-state index contributed by atoms with van der Waals surface area (Å²) in [7, 11) is 0. The molecule has 3 nitrogen and oxygen atoms in total. The molecule has 2 aromatic rings. The van der Waals surface area contributed by atoms with Crippen LogP contribution in [-0.4, -0.2) is 9.97 Å². The molecule has 2 aromatic heterocycles. The summed E-state index contributed by atoms with van der Waals surface area (Å²) in [5, 5.41) is 0. The molecule has 2 N–H and O–H groups in total. The standard InChI is InChI=1S/C14H17N3S2/c1-14(2,3)11-5-4-10(19-11)13-16-9-7-18-6-8(9)12(15)17-13/h4-5H,6-7H2,1-3H3,(H2,15,16,17). The van der Waals surface area contributed by atoms with Crippen molar-refractivity contribution in [2.45, 2.75) is 37.7 Å². The lowest BCUT2D eigenvalue weighted by atomic mass is 9.95. The molecule has 1 aliphatic heterocycles. The average Bonchev–Trinajstić information content (AvgIpc) is 2.96. The van der Waals surface area contributed by atoms with E-state index in [9.17, 15) is 0 Å². The number of nitrogens with two attached hydrogens (primary N) is 1. The Bertz CT molecular complexity index is 626. The molecule has 3 rings (SSSR count). The molecule has 0 saturated heterocycles. The van der Waals surface area contributed by atoms with Crippen LogP contribution in [0.5, 0.6) is 0 Å². The van der Waals surface area contributed by atoms with Crippen LogP contribution in [0.1, 0.15) is 36.9 Å². The zero-order chi connectivity index (χ0) is 13.6. The first-order valence-corrected chi connectivity index (χ1v) is 8.26. The van der Waals surface area contributed by atoms with Crippen LogP contribution in [0.25, 0.3) is 10.7 Å². The number of thioether (sulfide) groups is 1. The summed E-state index contributed by atoms with van der Waals surface area (Å²) in [6, 6.07) is 4.27. The molecule has 1 aliphatic rings. The molecule has 0 radical (unpaired) electrons. The first-order valence-electron chi connectivity index (χ1n) is 6.29. The molecule has 3 heterocycles. The summed E-state index contributed by atoms with van der Waals surface area (Å²) in [6.45, 7) is 6.66. The van der Waals surface area contributed by atoms with Crippen LogP contribution < -0.4 is 5.73 Å². The van der Waals surface area contributed by atoms with Gasteiger partial charge in [0.05, 0.1) is 10.6 Å². The zero-order valence-electron chi connectivity index (χ0n) is 11.4. The molecule has 0 bridgehead atoms. The van der Waals surface area contributed by atoms with E-state index in [2.05, 4.69) is 42.9 Å². The van der Waals surface area contributed by atoms with Gasteiger partial charge < -0.3 is 5.73 Å². The summed E-state index contributed by atoms with van der Waals surface area (Å²) in [4.78, 5) is 11.6. The number of anilines is 1. The first-order chi connectivity index (χ1) is 8.95. The monoisotopic (exact) mass is 291 g/mol. The van der Waals surface area contributed by atoms with Crippen LogP contribution in [0, 0.1) is 0 Å². The zero-order valence-corrected chi connectivity index (χ0v) is 13.0. The van der Waals surface area contributed by atoms with Crippen molar-refractivity contribution >= 4 is 28.9 Å². The van der Waals surface area contributed by atoms with Gasteiger partial charge in [-0.2, -0.15) is 11.8 Å². The minimum absolute atomic E-state index is 0.168. The molecule has 0 saturated carbocycles. The summed E-state index contributed by atoms with van der Waals surface area (Å²) in [5.74, 6) is 3.32. The van der Waals surface area contributed by atoms with Crippen LogP contribution in [-0.2, 0) is 16.9 Å². The summed E-state index contributed by atoms with van der Waals surface area (Å²) in [6.07, 6.45) is 0. The van der Waals surface area contributed by atoms with Crippen molar-refractivity contribution in [3.05, 3.63) is 28.3 Å². The third kappa shape index (κ3) is 2.37. The smallest absolute Gasteiger partial charge is 0.171 e. The number of aromatic nitrogens is 2. The van der Waals surface area contributed by atoms with E-state index >= 15 is 0 Å². The lowest BCUT2D eigenvalue weighted by molar-refractivity contribution is 0.604. The summed E-state index contributed by atoms with van der Waals surface area (Å²) >= 11 is 3.61. The fraction of sp³-hybridized carbons (Fsp3) is 0.429. The van der Waals surface area contributed by atoms with E-state index in [1.807, 2.05) is 11.8 Å². The van der Waals surface area contributed by atoms with Crippen molar-refractivity contribution in [2.24, 2.45) is 0 Å². The molecule has 0 aromatic carbocycles. The van der Waals surface area contributed by atoms with E-state index in [1.54, 1.807) is 11.3 Å². The van der Waals surface area contributed by atoms with E-state index in [0.717, 1.165) is 33.5 Å². The van der Waals surface area contributed by atoms with Crippen molar-refractivity contribution < 1.29 is 0 Å². The van der Waals surface area contributed by atoms with E-state index in [0.29, 0.717) is 5.82 Å². The topological polar surface area (TPSA) is 51.8 Å². The number of rotatable bonds is 1. The fourth-order valence-corrected chi connectivity index (χ4v) is 4.10. The Morgan fingerprint density at radius 3 is 2.63 bits per heavy atom. The van der Waals surface area contributed by atoms with Gasteiger partial charge in [0.1, 0.15) is 5.82 Å². The van der Waals surface area contributed by atoms with Gasteiger partial charge in [-0.15, -0.1) is 11.3 Å². The van der Waals surface area contributed by atoms with Crippen molar-refractivity contribution in [3.63, 3.8) is 0 Å². The van der Waals surface area contributed by atoms with Gasteiger partial charge >= 0.3 is 0 Å². The maximum Gasteiger partial charge on any atom is 0.171 e. The van der Waals surface area contributed by atoms with Gasteiger partial charge in [0.15, 0.2) is 5.82 Å². The third-order valence-corrected chi connectivity index (χ3v) is 5.65. The van der Waals surface area contributed by atoms with Crippen LogP contribution >= 0.6 is 23.1 Å². The third-order valence-electron chi connectivity index (χ3n) is 3.18. The van der Waals surface area contributed by atoms with E-state index in [1.165, 1.54) is 4.88 Å². The molecule has 0 aliphatic carbocycles. The normalized spacial score (nSPS) is 14.7. The van der Waals surface area contributed by atoms with Crippen LogP contribution in [0.4, 0.5) is 5.82 Å². The summed E-state index contributed by atoms with van der Waals surface area (Å²) < 4.78 is 0. The maximum atomic E-state index is 6.04. The van der Waals surface area contributed by atoms with Gasteiger partial charge in [-0.05, 0) is 17.5 Å². The highest BCUT2D eigenvalue weighted by molar-refractivity contribution is 7.98. The van der Waals surface area contributed by atoms with Gasteiger partial charge in [-0.3, -0.25) is 0 Å². The van der Waals surface area contributed by atoms with Crippen molar-refractivity contribution in [2.75, 3.05) is 5.73 Å². The Morgan fingerprint density at radius 1 is 1.16 bits per heavy atom. The molecule has 19 heavy (non-hydrogen) atoms. The Hall–Kier alpha value is -1.07. The quantitative estimate of drug-likeness (QED) is 0.867. The number of thiophene rings is 1. The van der Waals surface area contributed by atoms with Gasteiger partial charge in [-0.25, -0.2) is 9.97 Å². The fourth-order valence-electron chi connectivity index (χ4n) is 2.05. The maximum absolute atomic E-state index is 6.04. The second kappa shape index (κ2) is 4.49. The van der Waals surface area contributed by atoms with Gasteiger partial charge in [0.2, 0.25) is 0 Å². The lowest BCUT2D eigenvalue weighted by Gasteiger charge is -2.15. The highest BCUT2D eigenvalue weighted by atomic mass is 32.2. The molecule has 0 spiro atoms. The van der Waals surface area contributed by atoms with Crippen LogP contribution in [0.15, 0.2) is 12.1 Å². The Morgan fingerprint density at radius 2 is 1.95 bits per heavy atom. The molecule has 5 heteroatoms. The molecule has 100 valence electrons. The molecule has 0 atom stereocenters. The molecular formula is C14H17N3S2. The minimum Gasteiger partial charge on any atom is -0.383 e. The number of nitrogen functional groups attached to an aromatic ring is 1. The highest BCUT2D eigenvalue weighted by Crippen LogP contribution is 2.37. The van der Waals surface area contributed by atoms with Crippen molar-refractivity contribution in [1.82, 2.24) is 9.97 Å².